The van der Waals surface area contributed by atoms with Crippen molar-refractivity contribution in [3.05, 3.63) is 0 Å². The minimum atomic E-state index is -0.762. The Morgan fingerprint density at radius 3 is 2.70 bits per heavy atom. The minimum absolute atomic E-state index is 0.00111. The molecule has 0 bridgehead atoms. The highest BCUT2D eigenvalue weighted by atomic mass is 16.6. The van der Waals surface area contributed by atoms with Crippen LogP contribution in [-0.2, 0) is 0 Å². The van der Waals surface area contributed by atoms with E-state index in [2.05, 4.69) is 20.3 Å². The number of nitrogen functional groups attached to an aromatic ring is 1. The molecule has 0 aliphatic rings. The summed E-state index contributed by atoms with van der Waals surface area (Å²) in [4.78, 5) is 10.2. The zero-order valence-corrected chi connectivity index (χ0v) is 4.87. The Kier molecular flexibility index (Phi) is 1.40. The van der Waals surface area contributed by atoms with E-state index in [9.17, 15) is 4.79 Å². The number of aromatic nitrogens is 2. The van der Waals surface area contributed by atoms with Gasteiger partial charge in [0.05, 0.1) is 0 Å². The van der Waals surface area contributed by atoms with Crippen LogP contribution < -0.4 is 16.8 Å². The first-order valence-electron chi connectivity index (χ1n) is 2.34. The maximum atomic E-state index is 10.2. The molecule has 5 N–H and O–H groups in total. The second kappa shape index (κ2) is 2.21. The number of carbonyl (C=O) groups is 1. The largest absolute Gasteiger partial charge is 0.378 e. The molecule has 0 aliphatic carbocycles. The number of rotatable bonds is 1. The number of nitrogens with one attached hydrogen (secondary N) is 1. The molecule has 0 atom stereocenters. The Bertz CT molecular complexity index is 243. The molecule has 7 nitrogen and oxygen atoms in total. The van der Waals surface area contributed by atoms with E-state index >= 15 is 0 Å². The molecular formula is C3H5N5O2. The number of nitrogens with zero attached hydrogens (tertiary/aromatic N) is 2. The molecule has 0 saturated heterocycles. The van der Waals surface area contributed by atoms with Crippen LogP contribution in [0.25, 0.3) is 0 Å². The number of amides is 2. The number of nitrogens with two attached hydrogens (primary N) is 2. The van der Waals surface area contributed by atoms with Gasteiger partial charge in [-0.2, -0.15) is 0 Å². The molecule has 0 aromatic carbocycles. The standard InChI is InChI=1S/C3H5N5O2/c4-1-2(6-3(5)9)8-10-7-1/h(H2,4,7)(H3,5,6,8,9). The second-order valence-corrected chi connectivity index (χ2v) is 1.49. The van der Waals surface area contributed by atoms with Crippen LogP contribution in [0, 0.1) is 0 Å². The topological polar surface area (TPSA) is 120 Å². The first-order valence-corrected chi connectivity index (χ1v) is 2.34. The summed E-state index contributed by atoms with van der Waals surface area (Å²) in [6.07, 6.45) is 0. The van der Waals surface area contributed by atoms with E-state index in [1.165, 1.54) is 0 Å². The number of carbonyl (C=O) groups excluding carboxylic acids is 1. The van der Waals surface area contributed by atoms with Gasteiger partial charge in [0.1, 0.15) is 0 Å². The van der Waals surface area contributed by atoms with Gasteiger partial charge in [-0.15, -0.1) is 0 Å². The summed E-state index contributed by atoms with van der Waals surface area (Å²) in [5.74, 6) is 0.0336. The Morgan fingerprint density at radius 2 is 2.30 bits per heavy atom. The van der Waals surface area contributed by atoms with Crippen molar-refractivity contribution in [1.82, 2.24) is 10.3 Å². The predicted molar refractivity (Wildman–Crippen MR) is 31.9 cm³/mol. The fraction of sp³-hybridized carbons (Fsp3) is 0. The van der Waals surface area contributed by atoms with Gasteiger partial charge >= 0.3 is 6.03 Å². The van der Waals surface area contributed by atoms with Gasteiger partial charge in [0.2, 0.25) is 11.6 Å². The molecule has 0 spiro atoms. The van der Waals surface area contributed by atoms with Crippen LogP contribution in [0.5, 0.6) is 0 Å². The molecule has 1 aromatic heterocycles. The van der Waals surface area contributed by atoms with E-state index < -0.39 is 6.03 Å². The van der Waals surface area contributed by atoms with Crippen molar-refractivity contribution in [2.24, 2.45) is 5.73 Å². The molecule has 0 aliphatic heterocycles. The molecule has 7 heteroatoms. The summed E-state index contributed by atoms with van der Waals surface area (Å²) in [6.45, 7) is 0. The van der Waals surface area contributed by atoms with E-state index in [1.54, 1.807) is 0 Å². The highest BCUT2D eigenvalue weighted by Gasteiger charge is 2.05. The van der Waals surface area contributed by atoms with Crippen molar-refractivity contribution in [2.75, 3.05) is 11.1 Å². The number of urea groups is 1. The van der Waals surface area contributed by atoms with Gasteiger partial charge in [0.25, 0.3) is 0 Å². The monoisotopic (exact) mass is 143 g/mol. The summed E-state index contributed by atoms with van der Waals surface area (Å²) in [5, 5.41) is 8.52. The molecule has 2 amide bonds. The maximum Gasteiger partial charge on any atom is 0.317 e. The van der Waals surface area contributed by atoms with Crippen molar-refractivity contribution >= 4 is 17.7 Å². The lowest BCUT2D eigenvalue weighted by Crippen LogP contribution is -2.20. The number of anilines is 2. The molecule has 1 heterocycles. The third-order valence-corrected chi connectivity index (χ3v) is 0.756. The normalized spacial score (nSPS) is 9.20. The lowest BCUT2D eigenvalue weighted by Gasteiger charge is -1.91. The lowest BCUT2D eigenvalue weighted by molar-refractivity contribution is 0.259. The van der Waals surface area contributed by atoms with E-state index in [0.29, 0.717) is 0 Å². The van der Waals surface area contributed by atoms with Crippen LogP contribution in [0.2, 0.25) is 0 Å². The molecule has 0 unspecified atom stereocenters. The molecule has 54 valence electrons. The Labute approximate surface area is 55.3 Å². The van der Waals surface area contributed by atoms with Crippen LogP contribution in [0.4, 0.5) is 16.4 Å². The van der Waals surface area contributed by atoms with E-state index in [4.69, 9.17) is 11.5 Å². The smallest absolute Gasteiger partial charge is 0.317 e. The number of primary amides is 1. The zero-order chi connectivity index (χ0) is 7.56. The van der Waals surface area contributed by atoms with Crippen molar-refractivity contribution < 1.29 is 9.42 Å². The molecule has 10 heavy (non-hydrogen) atoms. The first-order chi connectivity index (χ1) is 4.70. The summed E-state index contributed by atoms with van der Waals surface area (Å²) in [7, 11) is 0. The van der Waals surface area contributed by atoms with Crippen molar-refractivity contribution in [2.45, 2.75) is 0 Å². The van der Waals surface area contributed by atoms with Gasteiger partial charge in [-0.25, -0.2) is 9.42 Å². The maximum absolute atomic E-state index is 10.2. The molecular weight excluding hydrogens is 138 g/mol. The third-order valence-electron chi connectivity index (χ3n) is 0.756. The van der Waals surface area contributed by atoms with Gasteiger partial charge in [0, 0.05) is 0 Å². The van der Waals surface area contributed by atoms with Gasteiger partial charge < -0.3 is 11.5 Å². The molecule has 1 rings (SSSR count). The van der Waals surface area contributed by atoms with Crippen molar-refractivity contribution in [1.29, 1.82) is 0 Å². The van der Waals surface area contributed by atoms with E-state index in [-0.39, 0.29) is 11.6 Å². The lowest BCUT2D eigenvalue weighted by atomic mass is 10.6. The van der Waals surface area contributed by atoms with Gasteiger partial charge in [0.15, 0.2) is 0 Å². The molecule has 1 aromatic rings. The van der Waals surface area contributed by atoms with Gasteiger partial charge in [-0.3, -0.25) is 5.32 Å². The predicted octanol–water partition coefficient (Wildman–Crippen LogP) is -0.858. The van der Waals surface area contributed by atoms with Crippen molar-refractivity contribution in [3.8, 4) is 0 Å². The molecule has 0 radical (unpaired) electrons. The molecule has 0 saturated carbocycles. The number of hydrogen-bond donors (Lipinski definition) is 3. The van der Waals surface area contributed by atoms with Crippen LogP contribution in [-0.4, -0.2) is 16.3 Å². The van der Waals surface area contributed by atoms with Crippen LogP contribution in [0.3, 0.4) is 0 Å². The first kappa shape index (κ1) is 6.33. The highest BCUT2D eigenvalue weighted by molar-refractivity contribution is 5.88. The fourth-order valence-corrected chi connectivity index (χ4v) is 0.399. The van der Waals surface area contributed by atoms with Gasteiger partial charge in [-0.05, 0) is 10.3 Å². The third kappa shape index (κ3) is 1.13. The summed E-state index contributed by atoms with van der Waals surface area (Å²) in [5.41, 5.74) is 9.89. The average molecular weight is 143 g/mol. The Hall–Kier alpha value is -1.79. The zero-order valence-electron chi connectivity index (χ0n) is 4.87. The number of hydrogen-bond acceptors (Lipinski definition) is 5. The van der Waals surface area contributed by atoms with Crippen LogP contribution in [0.1, 0.15) is 0 Å². The summed E-state index contributed by atoms with van der Waals surface area (Å²) < 4.78 is 4.15. The fourth-order valence-electron chi connectivity index (χ4n) is 0.399. The average Bonchev–Trinajstić information content (AvgIpc) is 2.15. The quantitative estimate of drug-likeness (QED) is 0.472. The highest BCUT2D eigenvalue weighted by Crippen LogP contribution is 2.08. The van der Waals surface area contributed by atoms with Crippen molar-refractivity contribution in [3.63, 3.8) is 0 Å². The SMILES string of the molecule is NC(=O)Nc1nonc1N. The minimum Gasteiger partial charge on any atom is -0.378 e. The van der Waals surface area contributed by atoms with E-state index in [0.717, 1.165) is 0 Å². The Morgan fingerprint density at radius 1 is 1.60 bits per heavy atom. The Balaban J connectivity index is 2.74. The summed E-state index contributed by atoms with van der Waals surface area (Å²) in [6, 6.07) is -0.762. The van der Waals surface area contributed by atoms with E-state index in [1.807, 2.05) is 0 Å². The molecule has 0 fully saturated rings. The van der Waals surface area contributed by atoms with Crippen LogP contribution >= 0.6 is 0 Å². The van der Waals surface area contributed by atoms with Gasteiger partial charge in [-0.1, -0.05) is 0 Å². The second-order valence-electron chi connectivity index (χ2n) is 1.49. The van der Waals surface area contributed by atoms with Crippen LogP contribution in [0.15, 0.2) is 4.63 Å². The summed E-state index contributed by atoms with van der Waals surface area (Å²) >= 11 is 0.